The minimum atomic E-state index is -1.39. The van der Waals surface area contributed by atoms with Crippen molar-refractivity contribution in [2.24, 2.45) is 10.8 Å². The maximum Gasteiger partial charge on any atom is 0.305 e. The van der Waals surface area contributed by atoms with Crippen LogP contribution in [-0.2, 0) is 23.8 Å². The van der Waals surface area contributed by atoms with Gasteiger partial charge in [-0.2, -0.15) is 0 Å². The van der Waals surface area contributed by atoms with Crippen molar-refractivity contribution < 1.29 is 34.0 Å². The van der Waals surface area contributed by atoms with E-state index in [4.69, 9.17) is 14.2 Å². The van der Waals surface area contributed by atoms with Gasteiger partial charge in [0.15, 0.2) is 5.78 Å². The average molecular weight is 563 g/mol. The molecule has 3 fully saturated rings. The number of hydrogen-bond acceptors (Lipinski definition) is 7. The van der Waals surface area contributed by atoms with Gasteiger partial charge < -0.3 is 24.4 Å². The monoisotopic (exact) mass is 562 g/mol. The maximum absolute atomic E-state index is 13.0. The van der Waals surface area contributed by atoms with Gasteiger partial charge in [-0.15, -0.1) is 0 Å². The first kappa shape index (κ1) is 31.7. The van der Waals surface area contributed by atoms with E-state index in [0.717, 1.165) is 19.3 Å². The molecular formula is C33H54O7. The fraction of sp³-hybridized carbons (Fsp3) is 0.879. The third-order valence-corrected chi connectivity index (χ3v) is 10.6. The number of Topliss-reactive ketones (excluding diaryl/α,β-unsaturated/α-hetero) is 1. The standard InChI is InChI=1S/C33H54O7/c1-4-5-6-7-8-9-10-11-12-13-14-15-16-17-18-19-27(35)38-22-32-26(20-24(2)28(36)29(32)37)40-30-25(34)21-31(32,3)33(30)23-39-33/h20,25-26,29-30,34,37H,4-19,21-23H2,1-3H3/t25-,26+,29+,30+,31+,32+,33?/m1/s1. The quantitative estimate of drug-likeness (QED) is 0.120. The van der Waals surface area contributed by atoms with Crippen LogP contribution in [0.1, 0.15) is 130 Å². The molecule has 228 valence electrons. The lowest BCUT2D eigenvalue weighted by molar-refractivity contribution is -0.247. The van der Waals surface area contributed by atoms with E-state index in [2.05, 4.69) is 6.92 Å². The lowest BCUT2D eigenvalue weighted by atomic mass is 9.50. The number of hydrogen-bond donors (Lipinski definition) is 2. The Morgan fingerprint density at radius 2 is 1.48 bits per heavy atom. The second kappa shape index (κ2) is 13.8. The molecule has 4 rings (SSSR count). The van der Waals surface area contributed by atoms with Crippen molar-refractivity contribution in [3.63, 3.8) is 0 Å². The summed E-state index contributed by atoms with van der Waals surface area (Å²) in [7, 11) is 0. The molecule has 1 spiro atoms. The van der Waals surface area contributed by atoms with Gasteiger partial charge in [0.1, 0.15) is 24.4 Å². The maximum atomic E-state index is 13.0. The van der Waals surface area contributed by atoms with Crippen molar-refractivity contribution >= 4 is 11.8 Å². The topological polar surface area (TPSA) is 106 Å². The molecule has 2 aliphatic heterocycles. The zero-order chi connectivity index (χ0) is 28.8. The summed E-state index contributed by atoms with van der Waals surface area (Å²) in [5.41, 5.74) is -2.29. The first-order valence-corrected chi connectivity index (χ1v) is 16.3. The number of unbranched alkanes of at least 4 members (excludes halogenated alkanes) is 14. The smallest absolute Gasteiger partial charge is 0.305 e. The summed E-state index contributed by atoms with van der Waals surface area (Å²) in [6.45, 7) is 6.15. The SMILES string of the molecule is CCCCCCCCCCCCCCCCCC(=O)OC[C@]12[C@H](C=C(C)C(=O)[C@@H]1O)O[C@H]1[C@H](O)C[C@]2(C)C12CO2. The lowest BCUT2D eigenvalue weighted by Crippen LogP contribution is -2.70. The lowest BCUT2D eigenvalue weighted by Gasteiger charge is -2.58. The second-order valence-corrected chi connectivity index (χ2v) is 13.3. The van der Waals surface area contributed by atoms with Crippen LogP contribution in [0.2, 0.25) is 0 Å². The number of epoxide rings is 1. The van der Waals surface area contributed by atoms with Gasteiger partial charge in [0.2, 0.25) is 0 Å². The van der Waals surface area contributed by atoms with Gasteiger partial charge in [0.05, 0.1) is 24.2 Å². The molecule has 7 nitrogen and oxygen atoms in total. The van der Waals surface area contributed by atoms with E-state index >= 15 is 0 Å². The molecule has 0 radical (unpaired) electrons. The van der Waals surface area contributed by atoms with Crippen molar-refractivity contribution in [1.29, 1.82) is 0 Å². The molecule has 0 aromatic rings. The zero-order valence-corrected chi connectivity index (χ0v) is 25.3. The number of ether oxygens (including phenoxy) is 3. The number of carbonyl (C=O) groups excluding carboxylic acids is 2. The Labute approximate surface area is 241 Å². The van der Waals surface area contributed by atoms with Gasteiger partial charge in [0, 0.05) is 11.8 Å². The van der Waals surface area contributed by atoms with Crippen LogP contribution in [0.3, 0.4) is 0 Å². The van der Waals surface area contributed by atoms with Crippen LogP contribution in [0, 0.1) is 10.8 Å². The van der Waals surface area contributed by atoms with Gasteiger partial charge in [-0.25, -0.2) is 0 Å². The van der Waals surface area contributed by atoms with E-state index in [1.54, 1.807) is 13.0 Å². The van der Waals surface area contributed by atoms with Crippen molar-refractivity contribution in [2.45, 2.75) is 160 Å². The van der Waals surface area contributed by atoms with E-state index in [0.29, 0.717) is 25.0 Å². The summed E-state index contributed by atoms with van der Waals surface area (Å²) in [6, 6.07) is 0. The second-order valence-electron chi connectivity index (χ2n) is 13.3. The Hall–Kier alpha value is -1.28. The van der Waals surface area contributed by atoms with Crippen molar-refractivity contribution in [3.8, 4) is 0 Å². The highest BCUT2D eigenvalue weighted by Crippen LogP contribution is 2.71. The number of aliphatic hydroxyl groups excluding tert-OH is 2. The molecule has 0 amide bonds. The molecule has 4 aliphatic rings. The Bertz CT molecular complexity index is 895. The molecule has 2 N–H and O–H groups in total. The highest BCUT2D eigenvalue weighted by molar-refractivity contribution is 6.00. The highest BCUT2D eigenvalue weighted by atomic mass is 16.6. The summed E-state index contributed by atoms with van der Waals surface area (Å²) < 4.78 is 18.0. The molecule has 7 atom stereocenters. The van der Waals surface area contributed by atoms with Crippen LogP contribution < -0.4 is 0 Å². The number of carbonyl (C=O) groups is 2. The number of rotatable bonds is 18. The fourth-order valence-corrected chi connectivity index (χ4v) is 7.90. The average Bonchev–Trinajstić information content (AvgIpc) is 3.71. The fourth-order valence-electron chi connectivity index (χ4n) is 7.90. The third-order valence-electron chi connectivity index (χ3n) is 10.6. The molecule has 7 heteroatoms. The first-order valence-electron chi connectivity index (χ1n) is 16.3. The third kappa shape index (κ3) is 6.09. The highest BCUT2D eigenvalue weighted by Gasteiger charge is 2.83. The Balaban J connectivity index is 1.15. The Morgan fingerprint density at radius 3 is 2.00 bits per heavy atom. The van der Waals surface area contributed by atoms with Crippen molar-refractivity contribution in [2.75, 3.05) is 13.2 Å². The number of esters is 1. The number of fused-ring (bicyclic) bond motifs is 2. The molecular weight excluding hydrogens is 508 g/mol. The molecule has 1 unspecified atom stereocenters. The minimum absolute atomic E-state index is 0.132. The van der Waals surface area contributed by atoms with Crippen LogP contribution in [0.4, 0.5) is 0 Å². The van der Waals surface area contributed by atoms with E-state index < -0.39 is 40.8 Å². The molecule has 0 aromatic heterocycles. The summed E-state index contributed by atoms with van der Waals surface area (Å²) in [5.74, 6) is -0.695. The molecule has 2 saturated heterocycles. The van der Waals surface area contributed by atoms with Crippen LogP contribution in [0.25, 0.3) is 0 Å². The van der Waals surface area contributed by atoms with Crippen LogP contribution in [-0.4, -0.2) is 65.2 Å². The van der Waals surface area contributed by atoms with Crippen molar-refractivity contribution in [1.82, 2.24) is 0 Å². The van der Waals surface area contributed by atoms with Gasteiger partial charge in [0.25, 0.3) is 0 Å². The van der Waals surface area contributed by atoms with Crippen molar-refractivity contribution in [3.05, 3.63) is 11.6 Å². The minimum Gasteiger partial charge on any atom is -0.465 e. The molecule has 2 aliphatic carbocycles. The first-order chi connectivity index (χ1) is 19.2. The van der Waals surface area contributed by atoms with Gasteiger partial charge in [-0.3, -0.25) is 9.59 Å². The van der Waals surface area contributed by atoms with E-state index in [1.807, 2.05) is 6.92 Å². The van der Waals surface area contributed by atoms with E-state index in [1.165, 1.54) is 77.0 Å². The van der Waals surface area contributed by atoms with E-state index in [9.17, 15) is 19.8 Å². The number of aliphatic hydroxyl groups is 2. The normalized spacial score (nSPS) is 36.0. The van der Waals surface area contributed by atoms with Crippen LogP contribution in [0.15, 0.2) is 11.6 Å². The summed E-state index contributed by atoms with van der Waals surface area (Å²) in [6.07, 6.45) is 18.1. The molecule has 1 saturated carbocycles. The van der Waals surface area contributed by atoms with Gasteiger partial charge in [-0.05, 0) is 31.4 Å². The molecule has 40 heavy (non-hydrogen) atoms. The van der Waals surface area contributed by atoms with Gasteiger partial charge >= 0.3 is 5.97 Å². The zero-order valence-electron chi connectivity index (χ0n) is 25.3. The van der Waals surface area contributed by atoms with Crippen LogP contribution >= 0.6 is 0 Å². The predicted molar refractivity (Wildman–Crippen MR) is 154 cm³/mol. The predicted octanol–water partition coefficient (Wildman–Crippen LogP) is 5.97. The van der Waals surface area contributed by atoms with Crippen LogP contribution in [0.5, 0.6) is 0 Å². The van der Waals surface area contributed by atoms with Gasteiger partial charge in [-0.1, -0.05) is 104 Å². The summed E-state index contributed by atoms with van der Waals surface area (Å²) >= 11 is 0. The molecule has 2 bridgehead atoms. The Morgan fingerprint density at radius 1 is 0.950 bits per heavy atom. The van der Waals surface area contributed by atoms with E-state index in [-0.39, 0.29) is 18.4 Å². The Kier molecular flexibility index (Phi) is 10.9. The summed E-state index contributed by atoms with van der Waals surface area (Å²) in [4.78, 5) is 25.7. The largest absolute Gasteiger partial charge is 0.465 e. The summed E-state index contributed by atoms with van der Waals surface area (Å²) in [5, 5.41) is 22.2. The molecule has 0 aromatic carbocycles. The number of ketones is 1. The molecule has 2 heterocycles.